The van der Waals surface area contributed by atoms with Gasteiger partial charge in [0.25, 0.3) is 5.91 Å². The Morgan fingerprint density at radius 2 is 1.72 bits per heavy atom. The Balaban J connectivity index is 1.51. The Hall–Kier alpha value is -4.52. The summed E-state index contributed by atoms with van der Waals surface area (Å²) < 4.78 is 19.1. The second-order valence-corrected chi connectivity index (χ2v) is 8.19. The van der Waals surface area contributed by atoms with E-state index < -0.39 is 0 Å². The Bertz CT molecular complexity index is 1330. The zero-order valence-electron chi connectivity index (χ0n) is 19.9. The average molecular weight is 484 g/mol. The molecule has 6 nitrogen and oxygen atoms in total. The van der Waals surface area contributed by atoms with Crippen molar-refractivity contribution in [2.75, 3.05) is 12.0 Å². The minimum atomic E-state index is -0.367. The normalized spacial score (nSPS) is 10.5. The maximum Gasteiger partial charge on any atom is 0.258 e. The van der Waals surface area contributed by atoms with Gasteiger partial charge in [0.1, 0.15) is 11.6 Å². The topological polar surface area (TPSA) is 71.5 Å². The highest BCUT2D eigenvalue weighted by atomic mass is 19.1. The number of nitrogens with zero attached hydrogens (tertiary/aromatic N) is 2. The number of halogens is 1. The van der Waals surface area contributed by atoms with Gasteiger partial charge in [-0.05, 0) is 65.7 Å². The number of aromatic nitrogens is 1. The third kappa shape index (κ3) is 6.54. The van der Waals surface area contributed by atoms with Gasteiger partial charge >= 0.3 is 0 Å². The highest BCUT2D eigenvalue weighted by molar-refractivity contribution is 6.06. The van der Waals surface area contributed by atoms with E-state index in [-0.39, 0.29) is 30.6 Å². The highest BCUT2D eigenvalue weighted by Gasteiger charge is 2.19. The smallest absolute Gasteiger partial charge is 0.258 e. The van der Waals surface area contributed by atoms with Crippen LogP contribution in [0.2, 0.25) is 0 Å². The largest absolute Gasteiger partial charge is 0.497 e. The van der Waals surface area contributed by atoms with E-state index in [1.807, 2.05) is 30.3 Å². The van der Waals surface area contributed by atoms with Gasteiger partial charge in [0, 0.05) is 17.4 Å². The van der Waals surface area contributed by atoms with Crippen LogP contribution in [0.25, 0.3) is 0 Å². The Morgan fingerprint density at radius 3 is 2.44 bits per heavy atom. The van der Waals surface area contributed by atoms with Crippen LogP contribution < -0.4 is 15.0 Å². The van der Waals surface area contributed by atoms with Crippen molar-refractivity contribution in [2.45, 2.75) is 19.5 Å². The molecular weight excluding hydrogens is 457 g/mol. The fraction of sp³-hybridized carbons (Fsp3) is 0.138. The van der Waals surface area contributed by atoms with Crippen LogP contribution in [0.15, 0.2) is 97.2 Å². The maximum atomic E-state index is 13.8. The summed E-state index contributed by atoms with van der Waals surface area (Å²) in [6.45, 7) is 0.534. The number of rotatable bonds is 9. The second kappa shape index (κ2) is 11.8. The van der Waals surface area contributed by atoms with Gasteiger partial charge < -0.3 is 15.0 Å². The van der Waals surface area contributed by atoms with Crippen LogP contribution in [0.5, 0.6) is 5.75 Å². The summed E-state index contributed by atoms with van der Waals surface area (Å²) >= 11 is 0. The number of carbonyl (C=O) groups is 2. The molecule has 1 heterocycles. The van der Waals surface area contributed by atoms with Crippen LogP contribution in [0.1, 0.15) is 27.2 Å². The van der Waals surface area contributed by atoms with Crippen molar-refractivity contribution in [1.82, 2.24) is 10.3 Å². The molecule has 0 aliphatic heterocycles. The van der Waals surface area contributed by atoms with Crippen LogP contribution in [0, 0.1) is 5.82 Å². The summed E-state index contributed by atoms with van der Waals surface area (Å²) in [6, 6.07) is 25.8. The average Bonchev–Trinajstić information content (AvgIpc) is 2.91. The predicted molar refractivity (Wildman–Crippen MR) is 136 cm³/mol. The van der Waals surface area contributed by atoms with Gasteiger partial charge in [0.05, 0.1) is 32.3 Å². The molecule has 0 aliphatic rings. The highest BCUT2D eigenvalue weighted by Crippen LogP contribution is 2.23. The molecule has 0 unspecified atom stereocenters. The number of benzene rings is 3. The molecule has 4 rings (SSSR count). The van der Waals surface area contributed by atoms with Gasteiger partial charge in [0.2, 0.25) is 5.91 Å². The van der Waals surface area contributed by atoms with Crippen molar-refractivity contribution in [3.8, 4) is 5.75 Å². The molecule has 0 spiro atoms. The van der Waals surface area contributed by atoms with Gasteiger partial charge in [0.15, 0.2) is 0 Å². The number of methoxy groups -OCH3 is 1. The summed E-state index contributed by atoms with van der Waals surface area (Å²) in [4.78, 5) is 31.6. The summed E-state index contributed by atoms with van der Waals surface area (Å²) in [7, 11) is 1.54. The number of pyridine rings is 1. The SMILES string of the molecule is COc1cccc(C(=O)N(Cc2cccc(F)c2)c2ccc(CC(=O)NCc3ccccn3)cc2)c1. The molecule has 4 aromatic rings. The monoisotopic (exact) mass is 483 g/mol. The summed E-state index contributed by atoms with van der Waals surface area (Å²) in [5, 5.41) is 2.86. The van der Waals surface area contributed by atoms with Gasteiger partial charge in [-0.25, -0.2) is 4.39 Å². The quantitative estimate of drug-likeness (QED) is 0.366. The Morgan fingerprint density at radius 1 is 0.917 bits per heavy atom. The van der Waals surface area contributed by atoms with E-state index in [2.05, 4.69) is 10.3 Å². The van der Waals surface area contributed by atoms with Crippen LogP contribution in [-0.2, 0) is 24.3 Å². The fourth-order valence-electron chi connectivity index (χ4n) is 3.74. The van der Waals surface area contributed by atoms with Crippen molar-refractivity contribution in [1.29, 1.82) is 0 Å². The van der Waals surface area contributed by atoms with Crippen molar-refractivity contribution in [3.63, 3.8) is 0 Å². The van der Waals surface area contributed by atoms with Crippen LogP contribution in [-0.4, -0.2) is 23.9 Å². The molecule has 0 atom stereocenters. The molecule has 7 heteroatoms. The molecule has 0 bridgehead atoms. The van der Waals surface area contributed by atoms with Crippen molar-refractivity contribution < 1.29 is 18.7 Å². The van der Waals surface area contributed by atoms with E-state index in [0.717, 1.165) is 11.3 Å². The van der Waals surface area contributed by atoms with E-state index in [1.54, 1.807) is 66.7 Å². The standard InChI is InChI=1S/C29H26FN3O3/c1-36-27-10-5-7-23(18-27)29(35)33(20-22-6-4-8-24(30)16-22)26-13-11-21(12-14-26)17-28(34)32-19-25-9-2-3-15-31-25/h2-16,18H,17,19-20H2,1H3,(H,32,34). The minimum absolute atomic E-state index is 0.127. The molecule has 3 aromatic carbocycles. The first-order chi connectivity index (χ1) is 17.5. The number of anilines is 1. The summed E-state index contributed by atoms with van der Waals surface area (Å²) in [5.74, 6) is -0.177. The Labute approximate surface area is 209 Å². The predicted octanol–water partition coefficient (Wildman–Crippen LogP) is 4.94. The molecule has 0 saturated carbocycles. The van der Waals surface area contributed by atoms with E-state index in [1.165, 1.54) is 12.1 Å². The van der Waals surface area contributed by atoms with Gasteiger partial charge in [-0.1, -0.05) is 36.4 Å². The van der Waals surface area contributed by atoms with E-state index in [4.69, 9.17) is 4.74 Å². The first kappa shape index (κ1) is 24.6. The first-order valence-electron chi connectivity index (χ1n) is 11.5. The van der Waals surface area contributed by atoms with Gasteiger partial charge in [-0.15, -0.1) is 0 Å². The Kier molecular flexibility index (Phi) is 8.03. The number of hydrogen-bond acceptors (Lipinski definition) is 4. The molecule has 1 aromatic heterocycles. The van der Waals surface area contributed by atoms with Gasteiger partial charge in [-0.3, -0.25) is 14.6 Å². The fourth-order valence-corrected chi connectivity index (χ4v) is 3.74. The third-order valence-corrected chi connectivity index (χ3v) is 5.60. The van der Waals surface area contributed by atoms with Crippen molar-refractivity contribution >= 4 is 17.5 Å². The molecule has 0 fully saturated rings. The maximum absolute atomic E-state index is 13.8. The lowest BCUT2D eigenvalue weighted by Crippen LogP contribution is -2.30. The lowest BCUT2D eigenvalue weighted by atomic mass is 10.1. The molecule has 182 valence electrons. The molecule has 2 amide bonds. The molecule has 0 saturated heterocycles. The lowest BCUT2D eigenvalue weighted by molar-refractivity contribution is -0.120. The molecule has 1 N–H and O–H groups in total. The van der Waals surface area contributed by atoms with Crippen molar-refractivity contribution in [3.05, 3.63) is 125 Å². The van der Waals surface area contributed by atoms with E-state index >= 15 is 0 Å². The van der Waals surface area contributed by atoms with Crippen LogP contribution in [0.4, 0.5) is 10.1 Å². The zero-order chi connectivity index (χ0) is 25.3. The number of carbonyl (C=O) groups excluding carboxylic acids is 2. The van der Waals surface area contributed by atoms with Crippen LogP contribution >= 0.6 is 0 Å². The number of nitrogens with one attached hydrogen (secondary N) is 1. The summed E-state index contributed by atoms with van der Waals surface area (Å²) in [6.07, 6.45) is 1.88. The van der Waals surface area contributed by atoms with E-state index in [0.29, 0.717) is 29.1 Å². The van der Waals surface area contributed by atoms with Crippen molar-refractivity contribution in [2.24, 2.45) is 0 Å². The van der Waals surface area contributed by atoms with Crippen LogP contribution in [0.3, 0.4) is 0 Å². The molecule has 0 aliphatic carbocycles. The molecular formula is C29H26FN3O3. The van der Waals surface area contributed by atoms with E-state index in [9.17, 15) is 14.0 Å². The summed E-state index contributed by atoms with van der Waals surface area (Å²) in [5.41, 5.74) is 3.32. The molecule has 0 radical (unpaired) electrons. The second-order valence-electron chi connectivity index (χ2n) is 8.19. The first-order valence-corrected chi connectivity index (χ1v) is 11.5. The third-order valence-electron chi connectivity index (χ3n) is 5.60. The van der Waals surface area contributed by atoms with Gasteiger partial charge in [-0.2, -0.15) is 0 Å². The number of hydrogen-bond donors (Lipinski definition) is 1. The number of amides is 2. The lowest BCUT2D eigenvalue weighted by Gasteiger charge is -2.24. The zero-order valence-corrected chi connectivity index (χ0v) is 19.9. The minimum Gasteiger partial charge on any atom is -0.497 e. The molecule has 36 heavy (non-hydrogen) atoms. The number of ether oxygens (including phenoxy) is 1.